The minimum atomic E-state index is -0.397. The lowest BCUT2D eigenvalue weighted by Gasteiger charge is -2.46. The normalized spacial score (nSPS) is 28.2. The first-order valence-corrected chi connectivity index (χ1v) is 6.83. The van der Waals surface area contributed by atoms with Gasteiger partial charge in [0.25, 0.3) is 0 Å². The highest BCUT2D eigenvalue weighted by atomic mass is 19.1. The van der Waals surface area contributed by atoms with Gasteiger partial charge in [-0.25, -0.2) is 14.4 Å². The molecular formula is C13H19FN4O. The number of piperidine rings is 1. The largest absolute Gasteiger partial charge is 0.396 e. The third-order valence-corrected chi connectivity index (χ3v) is 4.15. The molecule has 2 fully saturated rings. The molecule has 0 aromatic carbocycles. The smallest absolute Gasteiger partial charge is 0.225 e. The van der Waals surface area contributed by atoms with Gasteiger partial charge in [0.1, 0.15) is 0 Å². The number of rotatable bonds is 2. The fourth-order valence-electron chi connectivity index (χ4n) is 3.06. The van der Waals surface area contributed by atoms with Crippen molar-refractivity contribution < 1.29 is 9.50 Å². The lowest BCUT2D eigenvalue weighted by atomic mass is 9.92. The fraction of sp³-hybridized carbons (Fsp3) is 0.692. The molecule has 1 N–H and O–H groups in total. The number of anilines is 1. The van der Waals surface area contributed by atoms with E-state index in [0.29, 0.717) is 17.9 Å². The predicted octanol–water partition coefficient (Wildman–Crippen LogP) is 0.509. The molecule has 2 atom stereocenters. The monoisotopic (exact) mass is 266 g/mol. The van der Waals surface area contributed by atoms with Crippen LogP contribution in [0, 0.1) is 11.7 Å². The van der Waals surface area contributed by atoms with Gasteiger partial charge in [0, 0.05) is 38.8 Å². The molecule has 3 heterocycles. The number of halogens is 1. The molecule has 0 bridgehead atoms. The molecular weight excluding hydrogens is 247 g/mol. The number of aliphatic hydroxyl groups excluding tert-OH is 1. The van der Waals surface area contributed by atoms with Gasteiger partial charge < -0.3 is 10.0 Å². The lowest BCUT2D eigenvalue weighted by Crippen LogP contribution is -2.57. The number of hydrogen-bond acceptors (Lipinski definition) is 5. The standard InChI is InChI=1S/C13H19FN4O/c14-11-5-15-13(16-6-11)18-4-3-17-7-10(9-19)1-2-12(17)8-18/h5-6,10,12,19H,1-4,7-9H2. The molecule has 1 aromatic heterocycles. The van der Waals surface area contributed by atoms with Crippen LogP contribution in [-0.4, -0.2) is 58.8 Å². The van der Waals surface area contributed by atoms with Gasteiger partial charge in [0.2, 0.25) is 5.95 Å². The summed E-state index contributed by atoms with van der Waals surface area (Å²) in [5, 5.41) is 9.24. The second kappa shape index (κ2) is 5.38. The molecule has 2 aliphatic heterocycles. The third kappa shape index (κ3) is 2.69. The van der Waals surface area contributed by atoms with Crippen LogP contribution < -0.4 is 4.90 Å². The maximum atomic E-state index is 12.8. The van der Waals surface area contributed by atoms with Crippen molar-refractivity contribution in [2.45, 2.75) is 18.9 Å². The Bertz CT molecular complexity index is 427. The van der Waals surface area contributed by atoms with Crippen molar-refractivity contribution >= 4 is 5.95 Å². The van der Waals surface area contributed by atoms with Crippen LogP contribution >= 0.6 is 0 Å². The number of aromatic nitrogens is 2. The average Bonchev–Trinajstić information content (AvgIpc) is 2.47. The van der Waals surface area contributed by atoms with E-state index < -0.39 is 5.82 Å². The molecule has 0 aliphatic carbocycles. The maximum absolute atomic E-state index is 12.8. The topological polar surface area (TPSA) is 52.5 Å². The van der Waals surface area contributed by atoms with Crippen LogP contribution in [0.25, 0.3) is 0 Å². The highest BCUT2D eigenvalue weighted by Crippen LogP contribution is 2.26. The van der Waals surface area contributed by atoms with Gasteiger partial charge in [-0.2, -0.15) is 0 Å². The Kier molecular flexibility index (Phi) is 3.61. The molecule has 2 aliphatic rings. The summed E-state index contributed by atoms with van der Waals surface area (Å²) in [4.78, 5) is 12.7. The van der Waals surface area contributed by atoms with Crippen LogP contribution in [0.3, 0.4) is 0 Å². The summed E-state index contributed by atoms with van der Waals surface area (Å²) in [6, 6.07) is 0.505. The van der Waals surface area contributed by atoms with Crippen molar-refractivity contribution in [3.05, 3.63) is 18.2 Å². The molecule has 2 unspecified atom stereocenters. The Morgan fingerprint density at radius 3 is 2.74 bits per heavy atom. The van der Waals surface area contributed by atoms with Crippen molar-refractivity contribution in [2.24, 2.45) is 5.92 Å². The average molecular weight is 266 g/mol. The van der Waals surface area contributed by atoms with Gasteiger partial charge in [-0.1, -0.05) is 0 Å². The minimum absolute atomic E-state index is 0.286. The van der Waals surface area contributed by atoms with Gasteiger partial charge >= 0.3 is 0 Å². The predicted molar refractivity (Wildman–Crippen MR) is 69.4 cm³/mol. The number of fused-ring (bicyclic) bond motifs is 1. The van der Waals surface area contributed by atoms with Crippen molar-refractivity contribution in [2.75, 3.05) is 37.7 Å². The van der Waals surface area contributed by atoms with Gasteiger partial charge in [-0.15, -0.1) is 0 Å². The van der Waals surface area contributed by atoms with Crippen LogP contribution in [0.4, 0.5) is 10.3 Å². The van der Waals surface area contributed by atoms with Gasteiger partial charge in [0.15, 0.2) is 5.82 Å². The number of aliphatic hydroxyl groups is 1. The van der Waals surface area contributed by atoms with Crippen LogP contribution in [0.5, 0.6) is 0 Å². The Labute approximate surface area is 112 Å². The molecule has 0 amide bonds. The fourth-order valence-corrected chi connectivity index (χ4v) is 3.06. The zero-order chi connectivity index (χ0) is 13.2. The summed E-state index contributed by atoms with van der Waals surface area (Å²) >= 11 is 0. The zero-order valence-corrected chi connectivity index (χ0v) is 10.9. The quantitative estimate of drug-likeness (QED) is 0.845. The summed E-state index contributed by atoms with van der Waals surface area (Å²) < 4.78 is 12.8. The Hall–Kier alpha value is -1.27. The molecule has 0 radical (unpaired) electrons. The first-order valence-electron chi connectivity index (χ1n) is 6.83. The van der Waals surface area contributed by atoms with Crippen LogP contribution in [0.15, 0.2) is 12.4 Å². The number of nitrogens with zero attached hydrogens (tertiary/aromatic N) is 4. The summed E-state index contributed by atoms with van der Waals surface area (Å²) in [7, 11) is 0. The number of hydrogen-bond donors (Lipinski definition) is 1. The van der Waals surface area contributed by atoms with E-state index in [1.807, 2.05) is 0 Å². The van der Waals surface area contributed by atoms with E-state index in [-0.39, 0.29) is 6.61 Å². The van der Waals surface area contributed by atoms with Crippen LogP contribution in [0.1, 0.15) is 12.8 Å². The SMILES string of the molecule is OCC1CCC2CN(c3ncc(F)cn3)CCN2C1. The summed E-state index contributed by atoms with van der Waals surface area (Å²) in [5.41, 5.74) is 0. The molecule has 0 saturated carbocycles. The summed E-state index contributed by atoms with van der Waals surface area (Å²) in [6.07, 6.45) is 4.62. The van der Waals surface area contributed by atoms with Crippen molar-refractivity contribution in [1.29, 1.82) is 0 Å². The highest BCUT2D eigenvalue weighted by molar-refractivity contribution is 5.30. The van der Waals surface area contributed by atoms with E-state index in [0.717, 1.165) is 39.0 Å². The molecule has 2 saturated heterocycles. The van der Waals surface area contributed by atoms with Crippen LogP contribution in [0.2, 0.25) is 0 Å². The molecule has 19 heavy (non-hydrogen) atoms. The first kappa shape index (κ1) is 12.7. The number of piperazine rings is 1. The second-order valence-corrected chi connectivity index (χ2v) is 5.42. The van der Waals surface area contributed by atoms with Gasteiger partial charge in [-0.3, -0.25) is 4.90 Å². The van der Waals surface area contributed by atoms with Gasteiger partial charge in [-0.05, 0) is 18.8 Å². The Morgan fingerprint density at radius 1 is 1.21 bits per heavy atom. The third-order valence-electron chi connectivity index (χ3n) is 4.15. The van der Waals surface area contributed by atoms with Gasteiger partial charge in [0.05, 0.1) is 12.4 Å². The van der Waals surface area contributed by atoms with E-state index in [9.17, 15) is 9.50 Å². The summed E-state index contributed by atoms with van der Waals surface area (Å²) in [5.74, 6) is 0.640. The Balaban J connectivity index is 1.65. The first-order chi connectivity index (χ1) is 9.26. The maximum Gasteiger partial charge on any atom is 0.225 e. The molecule has 1 aromatic rings. The van der Waals surface area contributed by atoms with Crippen molar-refractivity contribution in [3.8, 4) is 0 Å². The van der Waals surface area contributed by atoms with E-state index in [2.05, 4.69) is 19.8 Å². The van der Waals surface area contributed by atoms with E-state index in [1.54, 1.807) is 0 Å². The second-order valence-electron chi connectivity index (χ2n) is 5.42. The molecule has 5 nitrogen and oxygen atoms in total. The van der Waals surface area contributed by atoms with Crippen molar-refractivity contribution in [1.82, 2.24) is 14.9 Å². The minimum Gasteiger partial charge on any atom is -0.396 e. The van der Waals surface area contributed by atoms with E-state index in [1.165, 1.54) is 12.4 Å². The lowest BCUT2D eigenvalue weighted by molar-refractivity contribution is 0.0670. The molecule has 0 spiro atoms. The van der Waals surface area contributed by atoms with Crippen LogP contribution in [-0.2, 0) is 0 Å². The Morgan fingerprint density at radius 2 is 2.00 bits per heavy atom. The molecule has 6 heteroatoms. The zero-order valence-electron chi connectivity index (χ0n) is 10.9. The highest BCUT2D eigenvalue weighted by Gasteiger charge is 2.33. The molecule has 3 rings (SSSR count). The summed E-state index contributed by atoms with van der Waals surface area (Å²) in [6.45, 7) is 3.99. The molecule has 104 valence electrons. The van der Waals surface area contributed by atoms with E-state index >= 15 is 0 Å². The van der Waals surface area contributed by atoms with E-state index in [4.69, 9.17) is 0 Å². The van der Waals surface area contributed by atoms with Crippen molar-refractivity contribution in [3.63, 3.8) is 0 Å².